The second kappa shape index (κ2) is 4.11. The van der Waals surface area contributed by atoms with Crippen molar-refractivity contribution in [3.05, 3.63) is 0 Å². The summed E-state index contributed by atoms with van der Waals surface area (Å²) in [6.45, 7) is 2.06. The van der Waals surface area contributed by atoms with Gasteiger partial charge >= 0.3 is 11.9 Å². The molecule has 0 aliphatic carbocycles. The fraction of sp³-hybridized carbons (Fsp3) is 0.833. The molecule has 0 radical (unpaired) electrons. The minimum atomic E-state index is -3.30. The number of aliphatic hydroxyl groups is 3. The van der Waals surface area contributed by atoms with E-state index in [1.807, 2.05) is 0 Å². The first-order valence-electron chi connectivity index (χ1n) is 3.45. The van der Waals surface area contributed by atoms with Crippen LogP contribution < -0.4 is 0 Å². The summed E-state index contributed by atoms with van der Waals surface area (Å²) in [4.78, 5) is 10.7. The molecule has 0 aromatic heterocycles. The van der Waals surface area contributed by atoms with Crippen LogP contribution in [0.1, 0.15) is 13.8 Å². The van der Waals surface area contributed by atoms with Crippen molar-refractivity contribution in [1.29, 1.82) is 0 Å². The lowest BCUT2D eigenvalue weighted by Gasteiger charge is -2.42. The molecular formula is C6H12O5S3. The average Bonchev–Trinajstić information content (AvgIpc) is 1.79. The van der Waals surface area contributed by atoms with Crippen LogP contribution in [-0.2, 0) is 9.53 Å². The summed E-state index contributed by atoms with van der Waals surface area (Å²) in [5.74, 6) is -4.14. The zero-order valence-corrected chi connectivity index (χ0v) is 10.2. The highest BCUT2D eigenvalue weighted by atomic mass is 32.2. The van der Waals surface area contributed by atoms with Gasteiger partial charge in [-0.2, -0.15) is 0 Å². The number of ether oxygens (including phenoxy) is 1. The van der Waals surface area contributed by atoms with Crippen LogP contribution in [-0.4, -0.2) is 36.3 Å². The van der Waals surface area contributed by atoms with Gasteiger partial charge in [0.25, 0.3) is 0 Å². The Bertz CT molecular complexity index is 215. The first-order valence-corrected chi connectivity index (χ1v) is 4.80. The molecule has 0 saturated heterocycles. The van der Waals surface area contributed by atoms with Gasteiger partial charge in [-0.3, -0.25) is 4.79 Å². The third kappa shape index (κ3) is 2.94. The summed E-state index contributed by atoms with van der Waals surface area (Å²) in [5.41, 5.74) is -2.19. The van der Waals surface area contributed by atoms with E-state index in [4.69, 9.17) is 15.3 Å². The molecule has 5 nitrogen and oxygen atoms in total. The van der Waals surface area contributed by atoms with Crippen molar-refractivity contribution in [2.24, 2.45) is 0 Å². The Kier molecular flexibility index (Phi) is 4.22. The van der Waals surface area contributed by atoms with Gasteiger partial charge in [-0.15, -0.1) is 37.9 Å². The van der Waals surface area contributed by atoms with Crippen molar-refractivity contribution in [2.45, 2.75) is 28.8 Å². The Balaban J connectivity index is 5.18. The van der Waals surface area contributed by atoms with E-state index in [0.717, 1.165) is 13.8 Å². The first kappa shape index (κ1) is 14.4. The van der Waals surface area contributed by atoms with E-state index in [1.165, 1.54) is 0 Å². The highest BCUT2D eigenvalue weighted by Crippen LogP contribution is 2.44. The molecule has 3 N–H and O–H groups in total. The maximum Gasteiger partial charge on any atom is 0.320 e. The molecule has 0 aromatic carbocycles. The molecule has 1 unspecified atom stereocenters. The molecule has 0 spiro atoms. The molecule has 8 heteroatoms. The van der Waals surface area contributed by atoms with E-state index in [0.29, 0.717) is 0 Å². The topological polar surface area (TPSA) is 87.0 Å². The molecule has 0 heterocycles. The fourth-order valence-corrected chi connectivity index (χ4v) is 1.24. The van der Waals surface area contributed by atoms with E-state index in [9.17, 15) is 4.79 Å². The second-order valence-corrected chi connectivity index (χ2v) is 5.97. The van der Waals surface area contributed by atoms with Gasteiger partial charge in [-0.1, -0.05) is 0 Å². The molecular weight excluding hydrogens is 248 g/mol. The summed E-state index contributed by atoms with van der Waals surface area (Å²) >= 11 is 11.3. The fourth-order valence-electron chi connectivity index (χ4n) is 0.649. The third-order valence-corrected chi connectivity index (χ3v) is 2.91. The molecule has 0 fully saturated rings. The van der Waals surface area contributed by atoms with Gasteiger partial charge in [0.1, 0.15) is 3.41 Å². The van der Waals surface area contributed by atoms with Gasteiger partial charge in [0, 0.05) is 6.92 Å². The zero-order valence-electron chi connectivity index (χ0n) is 7.50. The predicted octanol–water partition coefficient (Wildman–Crippen LogP) is -0.618. The lowest BCUT2D eigenvalue weighted by molar-refractivity contribution is -0.384. The summed E-state index contributed by atoms with van der Waals surface area (Å²) < 4.78 is 2.81. The number of hydrogen-bond donors (Lipinski definition) is 6. The Morgan fingerprint density at radius 1 is 1.21 bits per heavy atom. The Morgan fingerprint density at radius 3 is 1.64 bits per heavy atom. The smallest absolute Gasteiger partial charge is 0.320 e. The third-order valence-electron chi connectivity index (χ3n) is 1.63. The standard InChI is InChI=1S/C6H12O5S3/c1-3(7)11-4(2,5(8,9)10)6(12,13)14/h8-10,12-14H,1-2H3. The van der Waals surface area contributed by atoms with Crippen molar-refractivity contribution in [3.8, 4) is 0 Å². The van der Waals surface area contributed by atoms with Gasteiger partial charge in [-0.05, 0) is 6.92 Å². The van der Waals surface area contributed by atoms with Crippen molar-refractivity contribution in [3.63, 3.8) is 0 Å². The van der Waals surface area contributed by atoms with Crippen molar-refractivity contribution in [1.82, 2.24) is 0 Å². The Morgan fingerprint density at radius 2 is 1.57 bits per heavy atom. The molecule has 0 saturated carbocycles. The van der Waals surface area contributed by atoms with Crippen LogP contribution in [0.4, 0.5) is 0 Å². The number of esters is 1. The summed E-state index contributed by atoms with van der Waals surface area (Å²) in [6, 6.07) is 0. The number of thiol groups is 3. The molecule has 0 aliphatic rings. The van der Waals surface area contributed by atoms with Crippen molar-refractivity contribution in [2.75, 3.05) is 0 Å². The normalized spacial score (nSPS) is 17.4. The highest BCUT2D eigenvalue weighted by Gasteiger charge is 2.59. The predicted molar refractivity (Wildman–Crippen MR) is 59.2 cm³/mol. The summed E-state index contributed by atoms with van der Waals surface area (Å²) in [7, 11) is 0. The van der Waals surface area contributed by atoms with Crippen LogP contribution >= 0.6 is 37.9 Å². The molecule has 0 aromatic rings. The van der Waals surface area contributed by atoms with E-state index < -0.39 is 21.0 Å². The minimum absolute atomic E-state index is 0.837. The molecule has 14 heavy (non-hydrogen) atoms. The van der Waals surface area contributed by atoms with Gasteiger partial charge in [0.2, 0.25) is 5.60 Å². The zero-order chi connectivity index (χ0) is 11.8. The van der Waals surface area contributed by atoms with Gasteiger partial charge < -0.3 is 20.1 Å². The molecule has 0 aliphatic heterocycles. The maximum absolute atomic E-state index is 10.7. The number of hydrogen-bond acceptors (Lipinski definition) is 8. The Labute approximate surface area is 97.7 Å². The number of rotatable bonds is 3. The molecule has 0 rings (SSSR count). The lowest BCUT2D eigenvalue weighted by Crippen LogP contribution is -2.62. The molecule has 0 amide bonds. The van der Waals surface area contributed by atoms with Crippen LogP contribution in [0.15, 0.2) is 0 Å². The van der Waals surface area contributed by atoms with Crippen LogP contribution in [0.5, 0.6) is 0 Å². The number of carbonyl (C=O) groups excluding carboxylic acids is 1. The van der Waals surface area contributed by atoms with E-state index in [-0.39, 0.29) is 0 Å². The summed E-state index contributed by atoms with van der Waals surface area (Å²) in [6.07, 6.45) is 0. The molecule has 1 atom stereocenters. The first-order chi connectivity index (χ1) is 5.92. The molecule has 84 valence electrons. The van der Waals surface area contributed by atoms with E-state index in [1.54, 1.807) is 0 Å². The van der Waals surface area contributed by atoms with Gasteiger partial charge in [-0.25, -0.2) is 0 Å². The van der Waals surface area contributed by atoms with Crippen molar-refractivity contribution >= 4 is 43.9 Å². The van der Waals surface area contributed by atoms with E-state index >= 15 is 0 Å². The average molecular weight is 260 g/mol. The Hall–Kier alpha value is 0.400. The molecule has 0 bridgehead atoms. The van der Waals surface area contributed by atoms with Gasteiger partial charge in [0.05, 0.1) is 0 Å². The minimum Gasteiger partial charge on any atom is -0.448 e. The van der Waals surface area contributed by atoms with Crippen LogP contribution in [0.25, 0.3) is 0 Å². The van der Waals surface area contributed by atoms with Crippen LogP contribution in [0.2, 0.25) is 0 Å². The number of carbonyl (C=O) groups is 1. The largest absolute Gasteiger partial charge is 0.448 e. The van der Waals surface area contributed by atoms with Crippen molar-refractivity contribution < 1.29 is 24.9 Å². The van der Waals surface area contributed by atoms with Crippen LogP contribution in [0, 0.1) is 0 Å². The lowest BCUT2D eigenvalue weighted by atomic mass is 10.1. The summed E-state index contributed by atoms with van der Waals surface area (Å²) in [5, 5.41) is 27.0. The maximum atomic E-state index is 10.7. The van der Waals surface area contributed by atoms with E-state index in [2.05, 4.69) is 42.6 Å². The SMILES string of the molecule is CC(=O)OC(C)(C(O)(O)O)C(S)(S)S. The quantitative estimate of drug-likeness (QED) is 0.231. The monoisotopic (exact) mass is 260 g/mol. The second-order valence-electron chi connectivity index (χ2n) is 2.90. The van der Waals surface area contributed by atoms with Crippen LogP contribution in [0.3, 0.4) is 0 Å². The van der Waals surface area contributed by atoms with Gasteiger partial charge in [0.15, 0.2) is 0 Å². The highest BCUT2D eigenvalue weighted by molar-refractivity contribution is 8.17.